The standard InChI is InChI=1S/C20H29N2O7P/c1-4-28-30(25,29-5-2)14-18(16(3)26-13-17-9-7-6-8-10-17)27-15-22-12-11-19(23)21-20(22)24/h6-12,16,18H,4-5,13-15H2,1-3H3,(H,21,23,24)/t16-,18+/m0/s1. The van der Waals surface area contributed by atoms with Gasteiger partial charge in [-0.05, 0) is 26.3 Å². The number of benzene rings is 1. The molecular weight excluding hydrogens is 411 g/mol. The lowest BCUT2D eigenvalue weighted by Crippen LogP contribution is -2.36. The number of ether oxygens (including phenoxy) is 2. The highest BCUT2D eigenvalue weighted by molar-refractivity contribution is 7.53. The van der Waals surface area contributed by atoms with Crippen molar-refractivity contribution in [1.82, 2.24) is 9.55 Å². The van der Waals surface area contributed by atoms with E-state index in [-0.39, 0.29) is 26.1 Å². The lowest BCUT2D eigenvalue weighted by atomic mass is 10.2. The molecule has 0 aliphatic heterocycles. The van der Waals surface area contributed by atoms with E-state index in [2.05, 4.69) is 4.98 Å². The van der Waals surface area contributed by atoms with Gasteiger partial charge in [0.25, 0.3) is 5.56 Å². The van der Waals surface area contributed by atoms with Crippen molar-refractivity contribution in [2.45, 2.75) is 46.3 Å². The summed E-state index contributed by atoms with van der Waals surface area (Å²) in [5.74, 6) is 0. The zero-order chi connectivity index (χ0) is 22.0. The zero-order valence-corrected chi connectivity index (χ0v) is 18.4. The van der Waals surface area contributed by atoms with Crippen molar-refractivity contribution >= 4 is 7.60 Å². The van der Waals surface area contributed by atoms with Crippen LogP contribution in [0.2, 0.25) is 0 Å². The molecule has 0 radical (unpaired) electrons. The Morgan fingerprint density at radius 2 is 1.70 bits per heavy atom. The van der Waals surface area contributed by atoms with Crippen LogP contribution in [0.1, 0.15) is 26.3 Å². The first-order chi connectivity index (χ1) is 14.4. The summed E-state index contributed by atoms with van der Waals surface area (Å²) in [6.45, 7) is 5.90. The molecule has 0 fully saturated rings. The molecule has 9 nitrogen and oxygen atoms in total. The summed E-state index contributed by atoms with van der Waals surface area (Å²) in [6, 6.07) is 10.8. The van der Waals surface area contributed by atoms with Gasteiger partial charge in [-0.3, -0.25) is 18.9 Å². The van der Waals surface area contributed by atoms with E-state index >= 15 is 0 Å². The largest absolute Gasteiger partial charge is 0.371 e. The first-order valence-electron chi connectivity index (χ1n) is 9.82. The van der Waals surface area contributed by atoms with E-state index in [0.717, 1.165) is 5.56 Å². The first-order valence-corrected chi connectivity index (χ1v) is 11.5. The molecule has 2 aromatic rings. The Hall–Kier alpha value is -2.03. The van der Waals surface area contributed by atoms with Crippen molar-refractivity contribution in [2.75, 3.05) is 19.4 Å². The number of aromatic nitrogens is 2. The van der Waals surface area contributed by atoms with E-state index in [1.807, 2.05) is 30.3 Å². The van der Waals surface area contributed by atoms with Gasteiger partial charge in [-0.2, -0.15) is 0 Å². The maximum atomic E-state index is 13.0. The van der Waals surface area contributed by atoms with Crippen LogP contribution in [0.3, 0.4) is 0 Å². The number of nitrogens with one attached hydrogen (secondary N) is 1. The minimum absolute atomic E-state index is 0.0389. The molecule has 0 aliphatic carbocycles. The third-order valence-corrected chi connectivity index (χ3v) is 6.37. The van der Waals surface area contributed by atoms with Crippen LogP contribution in [0.15, 0.2) is 52.2 Å². The van der Waals surface area contributed by atoms with Crippen LogP contribution in [-0.2, 0) is 36.4 Å². The summed E-state index contributed by atoms with van der Waals surface area (Å²) < 4.78 is 36.8. The van der Waals surface area contributed by atoms with Gasteiger partial charge in [0.15, 0.2) is 0 Å². The molecule has 0 aliphatic rings. The second-order valence-corrected chi connectivity index (χ2v) is 8.65. The minimum Gasteiger partial charge on any atom is -0.371 e. The second kappa shape index (κ2) is 12.0. The van der Waals surface area contributed by atoms with Gasteiger partial charge in [0.2, 0.25) is 0 Å². The predicted octanol–water partition coefficient (Wildman–Crippen LogP) is 2.75. The number of H-pyrrole nitrogens is 1. The normalized spacial score (nSPS) is 13.8. The molecule has 1 aromatic carbocycles. The van der Waals surface area contributed by atoms with Gasteiger partial charge in [-0.15, -0.1) is 0 Å². The molecule has 0 saturated carbocycles. The quantitative estimate of drug-likeness (QED) is 0.477. The number of nitrogens with zero attached hydrogens (tertiary/aromatic N) is 1. The number of hydrogen-bond donors (Lipinski definition) is 1. The Bertz CT molecular complexity index is 918. The van der Waals surface area contributed by atoms with E-state index in [0.29, 0.717) is 6.61 Å². The van der Waals surface area contributed by atoms with Crippen LogP contribution in [-0.4, -0.2) is 41.1 Å². The van der Waals surface area contributed by atoms with Gasteiger partial charge in [0.1, 0.15) is 6.73 Å². The van der Waals surface area contributed by atoms with Crippen LogP contribution >= 0.6 is 7.60 Å². The molecule has 1 heterocycles. The minimum atomic E-state index is -3.42. The number of hydrogen-bond acceptors (Lipinski definition) is 7. The Morgan fingerprint density at radius 3 is 2.30 bits per heavy atom. The lowest BCUT2D eigenvalue weighted by molar-refractivity contribution is -0.0839. The van der Waals surface area contributed by atoms with Gasteiger partial charge < -0.3 is 18.5 Å². The van der Waals surface area contributed by atoms with E-state index in [1.165, 1.54) is 16.8 Å². The summed E-state index contributed by atoms with van der Waals surface area (Å²) in [4.78, 5) is 25.3. The van der Waals surface area contributed by atoms with Gasteiger partial charge >= 0.3 is 13.3 Å². The highest BCUT2D eigenvalue weighted by Crippen LogP contribution is 2.49. The second-order valence-electron chi connectivity index (χ2n) is 6.54. The SMILES string of the molecule is CCOP(=O)(C[C@@H](OCn1ccc(=O)[nH]c1=O)[C@H](C)OCc1ccccc1)OCC. The molecule has 166 valence electrons. The smallest absolute Gasteiger partial charge is 0.333 e. The average molecular weight is 440 g/mol. The molecule has 0 bridgehead atoms. The fourth-order valence-corrected chi connectivity index (χ4v) is 4.64. The Labute approximate surface area is 175 Å². The van der Waals surface area contributed by atoms with E-state index < -0.39 is 31.1 Å². The fraction of sp³-hybridized carbons (Fsp3) is 0.500. The first kappa shape index (κ1) is 24.2. The van der Waals surface area contributed by atoms with Crippen molar-refractivity contribution in [1.29, 1.82) is 0 Å². The number of rotatable bonds is 13. The molecule has 0 amide bonds. The average Bonchev–Trinajstić information content (AvgIpc) is 2.71. The van der Waals surface area contributed by atoms with Gasteiger partial charge in [0.05, 0.1) is 38.2 Å². The van der Waals surface area contributed by atoms with Crippen LogP contribution in [0.5, 0.6) is 0 Å². The van der Waals surface area contributed by atoms with Crippen LogP contribution in [0.25, 0.3) is 0 Å². The maximum Gasteiger partial charge on any atom is 0.333 e. The molecule has 0 spiro atoms. The van der Waals surface area contributed by atoms with Gasteiger partial charge in [-0.1, -0.05) is 30.3 Å². The fourth-order valence-electron chi connectivity index (χ4n) is 2.72. The Balaban J connectivity index is 2.13. The zero-order valence-electron chi connectivity index (χ0n) is 17.5. The van der Waals surface area contributed by atoms with Gasteiger partial charge in [0, 0.05) is 12.3 Å². The summed E-state index contributed by atoms with van der Waals surface area (Å²) in [5, 5.41) is 0. The van der Waals surface area contributed by atoms with Crippen LogP contribution in [0.4, 0.5) is 0 Å². The van der Waals surface area contributed by atoms with E-state index in [1.54, 1.807) is 20.8 Å². The summed E-state index contributed by atoms with van der Waals surface area (Å²) in [6.07, 6.45) is 0.135. The lowest BCUT2D eigenvalue weighted by Gasteiger charge is -2.28. The molecular formula is C20H29N2O7P. The van der Waals surface area contributed by atoms with Crippen molar-refractivity contribution in [2.24, 2.45) is 0 Å². The van der Waals surface area contributed by atoms with Crippen molar-refractivity contribution < 1.29 is 23.1 Å². The molecule has 1 N–H and O–H groups in total. The molecule has 30 heavy (non-hydrogen) atoms. The molecule has 0 saturated heterocycles. The summed E-state index contributed by atoms with van der Waals surface area (Å²) >= 11 is 0. The number of aromatic amines is 1. The molecule has 1 aromatic heterocycles. The third kappa shape index (κ3) is 7.66. The van der Waals surface area contributed by atoms with E-state index in [4.69, 9.17) is 18.5 Å². The summed E-state index contributed by atoms with van der Waals surface area (Å²) in [5.41, 5.74) is -0.112. The maximum absolute atomic E-state index is 13.0. The van der Waals surface area contributed by atoms with Crippen molar-refractivity contribution in [3.8, 4) is 0 Å². The molecule has 10 heteroatoms. The van der Waals surface area contributed by atoms with Crippen molar-refractivity contribution in [3.63, 3.8) is 0 Å². The predicted molar refractivity (Wildman–Crippen MR) is 113 cm³/mol. The topological polar surface area (TPSA) is 109 Å². The molecule has 0 unspecified atom stereocenters. The summed E-state index contributed by atoms with van der Waals surface area (Å²) in [7, 11) is -3.42. The molecule has 2 rings (SSSR count). The Morgan fingerprint density at radius 1 is 1.03 bits per heavy atom. The van der Waals surface area contributed by atoms with Crippen molar-refractivity contribution in [3.05, 3.63) is 69.0 Å². The highest BCUT2D eigenvalue weighted by atomic mass is 31.2. The van der Waals surface area contributed by atoms with Crippen LogP contribution < -0.4 is 11.2 Å². The Kier molecular flexibility index (Phi) is 9.68. The van der Waals surface area contributed by atoms with Crippen LogP contribution in [0, 0.1) is 0 Å². The highest BCUT2D eigenvalue weighted by Gasteiger charge is 2.33. The third-order valence-electron chi connectivity index (χ3n) is 4.26. The van der Waals surface area contributed by atoms with E-state index in [9.17, 15) is 14.2 Å². The van der Waals surface area contributed by atoms with Gasteiger partial charge in [-0.25, -0.2) is 4.79 Å². The monoisotopic (exact) mass is 440 g/mol. The molecule has 2 atom stereocenters.